The first-order chi connectivity index (χ1) is 18.3. The molecule has 2 aliphatic rings. The average molecular weight is 532 g/mol. The molecule has 4 aromatic rings. The van der Waals surface area contributed by atoms with Gasteiger partial charge in [-0.3, -0.25) is 5.10 Å². The van der Waals surface area contributed by atoms with Crippen molar-refractivity contribution in [1.29, 1.82) is 0 Å². The van der Waals surface area contributed by atoms with E-state index in [1.54, 1.807) is 36.4 Å². The van der Waals surface area contributed by atoms with E-state index in [2.05, 4.69) is 10.2 Å². The van der Waals surface area contributed by atoms with Gasteiger partial charge in [0.25, 0.3) is 10.0 Å². The third-order valence-electron chi connectivity index (χ3n) is 7.73. The van der Waals surface area contributed by atoms with Crippen LogP contribution in [0, 0.1) is 18.6 Å². The second kappa shape index (κ2) is 9.20. The third-order valence-corrected chi connectivity index (χ3v) is 9.58. The number of sulfonamides is 1. The summed E-state index contributed by atoms with van der Waals surface area (Å²) < 4.78 is 57.9. The molecule has 1 N–H and O–H groups in total. The number of aryl methyl sites for hydroxylation is 1. The highest BCUT2D eigenvalue weighted by Crippen LogP contribution is 2.45. The predicted octanol–water partition coefficient (Wildman–Crippen LogP) is 6.30. The summed E-state index contributed by atoms with van der Waals surface area (Å²) in [6.45, 7) is 1.92. The summed E-state index contributed by atoms with van der Waals surface area (Å²) in [5.41, 5.74) is 2.84. The van der Waals surface area contributed by atoms with Gasteiger partial charge in [0.2, 0.25) is 0 Å². The normalized spacial score (nSPS) is 16.6. The number of fused-ring (bicyclic) bond motifs is 1. The highest BCUT2D eigenvalue weighted by molar-refractivity contribution is 7.92. The van der Waals surface area contributed by atoms with Crippen molar-refractivity contribution >= 4 is 21.9 Å². The molecule has 1 fully saturated rings. The number of benzene rings is 3. The second-order valence-corrected chi connectivity index (χ2v) is 12.0. The van der Waals surface area contributed by atoms with Gasteiger partial charge in [0.1, 0.15) is 11.6 Å². The monoisotopic (exact) mass is 531 g/mol. The van der Waals surface area contributed by atoms with E-state index >= 15 is 0 Å². The van der Waals surface area contributed by atoms with Gasteiger partial charge in [-0.2, -0.15) is 5.10 Å². The minimum Gasteiger partial charge on any atom is -0.280 e. The molecule has 6 rings (SSSR count). The zero-order valence-corrected chi connectivity index (χ0v) is 21.7. The Morgan fingerprint density at radius 2 is 1.58 bits per heavy atom. The van der Waals surface area contributed by atoms with Crippen molar-refractivity contribution in [2.45, 2.75) is 49.0 Å². The van der Waals surface area contributed by atoms with Crippen LogP contribution in [0.5, 0.6) is 0 Å². The number of anilines is 1. The summed E-state index contributed by atoms with van der Waals surface area (Å²) in [5, 5.41) is 7.59. The Bertz CT molecular complexity index is 1590. The van der Waals surface area contributed by atoms with Crippen molar-refractivity contribution < 1.29 is 17.2 Å². The van der Waals surface area contributed by atoms with Crippen LogP contribution < -0.4 is 4.31 Å². The SMILES string of the molecule is Cc1ccc(S(=O)(=O)N(c2n[nH]c3c2C=CC(c2cccc(F)c2)(c2cccc(F)c2)C3)C2CCC2)cc1. The lowest BCUT2D eigenvalue weighted by atomic mass is 9.68. The molecular formula is C30H27F2N3O2S. The number of hydrogen-bond acceptors (Lipinski definition) is 3. The van der Waals surface area contributed by atoms with Crippen molar-refractivity contribution in [3.8, 4) is 0 Å². The van der Waals surface area contributed by atoms with E-state index in [1.165, 1.54) is 28.6 Å². The topological polar surface area (TPSA) is 66.1 Å². The molecule has 194 valence electrons. The largest absolute Gasteiger partial charge is 0.280 e. The standard InChI is InChI=1S/C30H27F2N3O2S/c1-20-11-13-26(14-12-20)38(36,37)35(25-9-4-10-25)29-27-15-16-30(19-28(27)33-34-29,21-5-2-7-23(31)17-21)22-6-3-8-24(32)18-22/h2-3,5-8,11-18,25H,4,9-10,19H2,1H3,(H,33,34). The van der Waals surface area contributed by atoms with E-state index in [4.69, 9.17) is 0 Å². The Morgan fingerprint density at radius 3 is 2.13 bits per heavy atom. The van der Waals surface area contributed by atoms with E-state index in [-0.39, 0.29) is 22.6 Å². The molecule has 0 saturated heterocycles. The molecular weight excluding hydrogens is 504 g/mol. The fourth-order valence-corrected chi connectivity index (χ4v) is 7.12. The lowest BCUT2D eigenvalue weighted by molar-refractivity contribution is 0.413. The first kappa shape index (κ1) is 24.6. The van der Waals surface area contributed by atoms with Gasteiger partial charge in [0.05, 0.1) is 4.90 Å². The number of aromatic nitrogens is 2. The van der Waals surface area contributed by atoms with Crippen LogP contribution in [-0.2, 0) is 21.9 Å². The summed E-state index contributed by atoms with van der Waals surface area (Å²) in [7, 11) is -3.86. The van der Waals surface area contributed by atoms with Gasteiger partial charge >= 0.3 is 0 Å². The Kier molecular flexibility index (Phi) is 5.94. The number of allylic oxidation sites excluding steroid dienone is 1. The average Bonchev–Trinajstić information content (AvgIpc) is 3.28. The van der Waals surface area contributed by atoms with Gasteiger partial charge in [-0.05, 0) is 73.7 Å². The highest BCUT2D eigenvalue weighted by Gasteiger charge is 2.42. The quantitative estimate of drug-likeness (QED) is 0.318. The van der Waals surface area contributed by atoms with Crippen LogP contribution >= 0.6 is 0 Å². The summed E-state index contributed by atoms with van der Waals surface area (Å²) >= 11 is 0. The first-order valence-electron chi connectivity index (χ1n) is 12.7. The Labute approximate surface area is 220 Å². The molecule has 3 aromatic carbocycles. The molecule has 1 aromatic heterocycles. The van der Waals surface area contributed by atoms with Crippen LogP contribution in [0.2, 0.25) is 0 Å². The number of halogens is 2. The first-order valence-corrected chi connectivity index (χ1v) is 14.1. The highest BCUT2D eigenvalue weighted by atomic mass is 32.2. The van der Waals surface area contributed by atoms with Gasteiger partial charge in [-0.25, -0.2) is 21.5 Å². The number of aromatic amines is 1. The number of H-pyrrole nitrogens is 1. The summed E-state index contributed by atoms with van der Waals surface area (Å²) in [6, 6.07) is 19.2. The van der Waals surface area contributed by atoms with E-state index in [0.717, 1.165) is 24.8 Å². The van der Waals surface area contributed by atoms with Crippen LogP contribution in [0.4, 0.5) is 14.6 Å². The van der Waals surface area contributed by atoms with E-state index < -0.39 is 15.4 Å². The minimum absolute atomic E-state index is 0.180. The molecule has 38 heavy (non-hydrogen) atoms. The number of nitrogens with one attached hydrogen (secondary N) is 1. The van der Waals surface area contributed by atoms with Gasteiger partial charge < -0.3 is 0 Å². The molecule has 0 bridgehead atoms. The van der Waals surface area contributed by atoms with Crippen LogP contribution in [0.3, 0.4) is 0 Å². The predicted molar refractivity (Wildman–Crippen MR) is 143 cm³/mol. The molecule has 8 heteroatoms. The Balaban J connectivity index is 1.47. The Morgan fingerprint density at radius 1 is 0.947 bits per heavy atom. The van der Waals surface area contributed by atoms with Gasteiger partial charge in [0.15, 0.2) is 5.82 Å². The second-order valence-electron chi connectivity index (χ2n) is 10.1. The van der Waals surface area contributed by atoms with Crippen molar-refractivity contribution in [1.82, 2.24) is 10.2 Å². The molecule has 0 radical (unpaired) electrons. The van der Waals surface area contributed by atoms with Crippen molar-refractivity contribution in [3.05, 3.63) is 118 Å². The third kappa shape index (κ3) is 4.04. The van der Waals surface area contributed by atoms with Crippen LogP contribution in [0.25, 0.3) is 6.08 Å². The van der Waals surface area contributed by atoms with Crippen LogP contribution in [0.1, 0.15) is 47.2 Å². The minimum atomic E-state index is -3.86. The molecule has 0 aliphatic heterocycles. The fraction of sp³-hybridized carbons (Fsp3) is 0.233. The maximum Gasteiger partial charge on any atom is 0.265 e. The fourth-order valence-electron chi connectivity index (χ4n) is 5.44. The van der Waals surface area contributed by atoms with Crippen molar-refractivity contribution in [2.24, 2.45) is 0 Å². The lowest BCUT2D eigenvalue weighted by Crippen LogP contribution is -2.45. The van der Waals surface area contributed by atoms with Gasteiger partial charge in [-0.1, -0.05) is 54.1 Å². The summed E-state index contributed by atoms with van der Waals surface area (Å²) in [4.78, 5) is 0.223. The number of nitrogens with zero attached hydrogens (tertiary/aromatic N) is 2. The van der Waals surface area contributed by atoms with E-state index in [0.29, 0.717) is 34.6 Å². The number of rotatable bonds is 6. The van der Waals surface area contributed by atoms with Gasteiger partial charge in [0, 0.05) is 29.1 Å². The Hall–Kier alpha value is -3.78. The maximum absolute atomic E-state index is 14.4. The zero-order valence-electron chi connectivity index (χ0n) is 20.9. The molecule has 5 nitrogen and oxygen atoms in total. The number of hydrogen-bond donors (Lipinski definition) is 1. The van der Waals surface area contributed by atoms with E-state index in [9.17, 15) is 17.2 Å². The molecule has 1 saturated carbocycles. The smallest absolute Gasteiger partial charge is 0.265 e. The molecule has 0 spiro atoms. The molecule has 1 heterocycles. The molecule has 0 unspecified atom stereocenters. The molecule has 0 atom stereocenters. The van der Waals surface area contributed by atoms with Gasteiger partial charge in [-0.15, -0.1) is 0 Å². The lowest BCUT2D eigenvalue weighted by Gasteiger charge is -2.38. The van der Waals surface area contributed by atoms with E-state index in [1.807, 2.05) is 31.2 Å². The van der Waals surface area contributed by atoms with Crippen molar-refractivity contribution in [2.75, 3.05) is 4.31 Å². The van der Waals surface area contributed by atoms with Crippen LogP contribution in [-0.4, -0.2) is 24.7 Å². The van der Waals surface area contributed by atoms with Crippen LogP contribution in [0.15, 0.2) is 83.8 Å². The summed E-state index contributed by atoms with van der Waals surface area (Å²) in [6.07, 6.45) is 6.55. The molecule has 0 amide bonds. The van der Waals surface area contributed by atoms with Crippen molar-refractivity contribution in [3.63, 3.8) is 0 Å². The maximum atomic E-state index is 14.4. The summed E-state index contributed by atoms with van der Waals surface area (Å²) in [5.74, 6) is -0.417. The zero-order chi connectivity index (χ0) is 26.5. The molecule has 2 aliphatic carbocycles.